The van der Waals surface area contributed by atoms with Crippen LogP contribution in [0.15, 0.2) is 65.1 Å². The summed E-state index contributed by atoms with van der Waals surface area (Å²) < 4.78 is 7.75. The molecule has 2 aromatic carbocycles. The van der Waals surface area contributed by atoms with Gasteiger partial charge >= 0.3 is 0 Å². The maximum absolute atomic E-state index is 5.56. The molecule has 0 bridgehead atoms. The summed E-state index contributed by atoms with van der Waals surface area (Å²) in [6, 6.07) is 18.4. The average molecular weight is 423 g/mol. The van der Waals surface area contributed by atoms with Crippen LogP contribution < -0.4 is 4.74 Å². The Kier molecular flexibility index (Phi) is 6.27. The molecule has 5 nitrogen and oxygen atoms in total. The fourth-order valence-corrected chi connectivity index (χ4v) is 4.70. The molecule has 0 fully saturated rings. The molecule has 7 heteroatoms. The lowest BCUT2D eigenvalue weighted by molar-refractivity contribution is 0.415. The highest BCUT2D eigenvalue weighted by Crippen LogP contribution is 2.32. The molecular weight excluding hydrogens is 400 g/mol. The van der Waals surface area contributed by atoms with Gasteiger partial charge in [-0.1, -0.05) is 54.2 Å². The summed E-state index contributed by atoms with van der Waals surface area (Å²) in [6.45, 7) is 2.82. The minimum absolute atomic E-state index is 0.778. The van der Waals surface area contributed by atoms with E-state index in [0.29, 0.717) is 0 Å². The number of thiazole rings is 1. The molecule has 0 aliphatic rings. The van der Waals surface area contributed by atoms with Crippen molar-refractivity contribution >= 4 is 23.1 Å². The third-order valence-electron chi connectivity index (χ3n) is 4.55. The summed E-state index contributed by atoms with van der Waals surface area (Å²) in [6.07, 6.45) is 0.907. The Bertz CT molecular complexity index is 1080. The number of nitrogens with zero attached hydrogens (tertiary/aromatic N) is 4. The van der Waals surface area contributed by atoms with Gasteiger partial charge < -0.3 is 9.30 Å². The normalized spacial score (nSPS) is 11.0. The Hall–Kier alpha value is -2.64. The number of thioether (sulfide) groups is 1. The smallest absolute Gasteiger partial charge is 0.191 e. The number of hydrogen-bond donors (Lipinski definition) is 0. The van der Waals surface area contributed by atoms with E-state index in [1.54, 1.807) is 30.2 Å². The number of aryl methyl sites for hydroxylation is 2. The van der Waals surface area contributed by atoms with Crippen LogP contribution in [0.5, 0.6) is 5.75 Å². The first-order valence-corrected chi connectivity index (χ1v) is 11.3. The largest absolute Gasteiger partial charge is 0.496 e. The molecule has 0 aliphatic carbocycles. The van der Waals surface area contributed by atoms with Crippen molar-refractivity contribution in [3.63, 3.8) is 0 Å². The van der Waals surface area contributed by atoms with Gasteiger partial charge in [-0.15, -0.1) is 21.5 Å². The fraction of sp³-hybridized carbons (Fsp3) is 0.227. The highest BCUT2D eigenvalue weighted by atomic mass is 32.2. The van der Waals surface area contributed by atoms with E-state index in [1.165, 1.54) is 5.56 Å². The van der Waals surface area contributed by atoms with Crippen LogP contribution in [0.3, 0.4) is 0 Å². The average Bonchev–Trinajstić information content (AvgIpc) is 3.37. The molecule has 0 aliphatic heterocycles. The van der Waals surface area contributed by atoms with Crippen molar-refractivity contribution in [3.8, 4) is 17.1 Å². The molecule has 148 valence electrons. The van der Waals surface area contributed by atoms with Gasteiger partial charge in [0.25, 0.3) is 0 Å². The number of benzene rings is 2. The standard InChI is InChI=1S/C22H22N4OS2/c1-16-23-18(14-28-16)15-29-22-25-24-21(19-10-6-7-11-20(19)27-2)26(22)13-12-17-8-4-3-5-9-17/h3-11,14H,12-13,15H2,1-2H3. The summed E-state index contributed by atoms with van der Waals surface area (Å²) in [7, 11) is 1.68. The van der Waals surface area contributed by atoms with Crippen molar-refractivity contribution in [2.75, 3.05) is 7.11 Å². The second-order valence-electron chi connectivity index (χ2n) is 6.54. The highest BCUT2D eigenvalue weighted by Gasteiger charge is 2.18. The van der Waals surface area contributed by atoms with E-state index in [2.05, 4.69) is 49.4 Å². The van der Waals surface area contributed by atoms with Gasteiger partial charge in [0.15, 0.2) is 11.0 Å². The maximum atomic E-state index is 5.56. The minimum atomic E-state index is 0.778. The molecule has 2 heterocycles. The monoisotopic (exact) mass is 422 g/mol. The Labute approximate surface area is 178 Å². The molecule has 0 spiro atoms. The third kappa shape index (κ3) is 4.68. The van der Waals surface area contributed by atoms with Gasteiger partial charge in [0.2, 0.25) is 0 Å². The predicted octanol–water partition coefficient (Wildman–Crippen LogP) is 5.25. The topological polar surface area (TPSA) is 52.8 Å². The molecule has 0 saturated carbocycles. The van der Waals surface area contributed by atoms with E-state index >= 15 is 0 Å². The van der Waals surface area contributed by atoms with E-state index in [0.717, 1.165) is 51.7 Å². The van der Waals surface area contributed by atoms with Crippen molar-refractivity contribution < 1.29 is 4.74 Å². The number of para-hydroxylation sites is 1. The summed E-state index contributed by atoms with van der Waals surface area (Å²) in [4.78, 5) is 4.56. The van der Waals surface area contributed by atoms with Gasteiger partial charge in [-0.05, 0) is 31.0 Å². The third-order valence-corrected chi connectivity index (χ3v) is 6.37. The molecule has 0 amide bonds. The van der Waals surface area contributed by atoms with Crippen molar-refractivity contribution in [2.24, 2.45) is 0 Å². The van der Waals surface area contributed by atoms with E-state index in [4.69, 9.17) is 4.74 Å². The molecule has 0 unspecified atom stereocenters. The van der Waals surface area contributed by atoms with Gasteiger partial charge in [-0.3, -0.25) is 0 Å². The van der Waals surface area contributed by atoms with Crippen LogP contribution in [-0.2, 0) is 18.7 Å². The lowest BCUT2D eigenvalue weighted by atomic mass is 10.1. The summed E-state index contributed by atoms with van der Waals surface area (Å²) >= 11 is 3.34. The molecule has 4 rings (SSSR count). The van der Waals surface area contributed by atoms with E-state index in [-0.39, 0.29) is 0 Å². The number of rotatable bonds is 8. The van der Waals surface area contributed by atoms with Crippen LogP contribution in [0.4, 0.5) is 0 Å². The first-order chi connectivity index (χ1) is 14.2. The number of hydrogen-bond acceptors (Lipinski definition) is 6. The Balaban J connectivity index is 1.64. The summed E-state index contributed by atoms with van der Waals surface area (Å²) in [5.41, 5.74) is 3.32. The minimum Gasteiger partial charge on any atom is -0.496 e. The number of aromatic nitrogens is 4. The van der Waals surface area contributed by atoms with Gasteiger partial charge in [0.1, 0.15) is 5.75 Å². The number of methoxy groups -OCH3 is 1. The van der Waals surface area contributed by atoms with Gasteiger partial charge in [0, 0.05) is 17.7 Å². The molecule has 0 N–H and O–H groups in total. The first kappa shape index (κ1) is 19.7. The first-order valence-electron chi connectivity index (χ1n) is 9.39. The zero-order valence-corrected chi connectivity index (χ0v) is 18.0. The maximum Gasteiger partial charge on any atom is 0.191 e. The second-order valence-corrected chi connectivity index (χ2v) is 8.54. The summed E-state index contributed by atoms with van der Waals surface area (Å²) in [5.74, 6) is 2.41. The molecule has 0 atom stereocenters. The molecule has 29 heavy (non-hydrogen) atoms. The zero-order valence-electron chi connectivity index (χ0n) is 16.4. The van der Waals surface area contributed by atoms with Crippen LogP contribution in [0, 0.1) is 6.92 Å². The second kappa shape index (κ2) is 9.24. The van der Waals surface area contributed by atoms with E-state index in [1.807, 2.05) is 37.3 Å². The Morgan fingerprint density at radius 1 is 1.03 bits per heavy atom. The highest BCUT2D eigenvalue weighted by molar-refractivity contribution is 7.98. The Morgan fingerprint density at radius 3 is 2.59 bits per heavy atom. The molecule has 2 aromatic heterocycles. The molecule has 0 radical (unpaired) electrons. The van der Waals surface area contributed by atoms with Crippen molar-refractivity contribution in [2.45, 2.75) is 30.8 Å². The van der Waals surface area contributed by atoms with Crippen LogP contribution in [0.25, 0.3) is 11.4 Å². The van der Waals surface area contributed by atoms with Gasteiger partial charge in [-0.25, -0.2) is 4.98 Å². The quantitative estimate of drug-likeness (QED) is 0.363. The van der Waals surface area contributed by atoms with Crippen LogP contribution in [-0.4, -0.2) is 26.9 Å². The molecule has 0 saturated heterocycles. The zero-order chi connectivity index (χ0) is 20.1. The van der Waals surface area contributed by atoms with Crippen LogP contribution in [0.2, 0.25) is 0 Å². The van der Waals surface area contributed by atoms with Crippen molar-refractivity contribution in [1.82, 2.24) is 19.7 Å². The predicted molar refractivity (Wildman–Crippen MR) is 119 cm³/mol. The van der Waals surface area contributed by atoms with Crippen LogP contribution in [0.1, 0.15) is 16.3 Å². The van der Waals surface area contributed by atoms with Gasteiger partial charge in [0.05, 0.1) is 23.4 Å². The van der Waals surface area contributed by atoms with Crippen LogP contribution >= 0.6 is 23.1 Å². The Morgan fingerprint density at radius 2 is 1.83 bits per heavy atom. The lowest BCUT2D eigenvalue weighted by Gasteiger charge is -2.12. The summed E-state index contributed by atoms with van der Waals surface area (Å²) in [5, 5.41) is 13.1. The number of ether oxygens (including phenoxy) is 1. The molecular formula is C22H22N4OS2. The van der Waals surface area contributed by atoms with Crippen molar-refractivity contribution in [3.05, 3.63) is 76.2 Å². The fourth-order valence-electron chi connectivity index (χ4n) is 3.12. The molecule has 4 aromatic rings. The SMILES string of the molecule is COc1ccccc1-c1nnc(SCc2csc(C)n2)n1CCc1ccccc1. The van der Waals surface area contributed by atoms with E-state index < -0.39 is 0 Å². The van der Waals surface area contributed by atoms with Gasteiger partial charge in [-0.2, -0.15) is 0 Å². The van der Waals surface area contributed by atoms with Crippen molar-refractivity contribution in [1.29, 1.82) is 0 Å². The lowest BCUT2D eigenvalue weighted by Crippen LogP contribution is -2.06. The van der Waals surface area contributed by atoms with E-state index in [9.17, 15) is 0 Å².